The van der Waals surface area contributed by atoms with Gasteiger partial charge in [-0.25, -0.2) is 0 Å². The van der Waals surface area contributed by atoms with Crippen molar-refractivity contribution in [3.8, 4) is 16.9 Å². The van der Waals surface area contributed by atoms with Crippen LogP contribution in [-0.2, 0) is 10.3 Å². The maximum atomic E-state index is 13.0. The quantitative estimate of drug-likeness (QED) is 0.542. The first-order valence-corrected chi connectivity index (χ1v) is 10.2. The van der Waals surface area contributed by atoms with Crippen LogP contribution in [0.15, 0.2) is 18.2 Å². The zero-order chi connectivity index (χ0) is 16.4. The molecule has 0 N–H and O–H groups in total. The van der Waals surface area contributed by atoms with Crippen LogP contribution in [-0.4, -0.2) is 13.0 Å². The van der Waals surface area contributed by atoms with E-state index in [-0.39, 0.29) is 17.4 Å². The Balaban J connectivity index is 2.01. The summed E-state index contributed by atoms with van der Waals surface area (Å²) in [4.78, 5) is 16.2. The van der Waals surface area contributed by atoms with E-state index >= 15 is 0 Å². The van der Waals surface area contributed by atoms with Crippen molar-refractivity contribution in [1.29, 1.82) is 0 Å². The Morgan fingerprint density at radius 2 is 2.09 bits per heavy atom. The number of benzene rings is 1. The van der Waals surface area contributed by atoms with Gasteiger partial charge in [0.05, 0.1) is 23.2 Å². The molecule has 0 unspecified atom stereocenters. The number of fused-ring (bicyclic) bond motifs is 3. The average Bonchev–Trinajstić information content (AvgIpc) is 3.29. The molecular formula is C17H17NO2S3. The second-order valence-electron chi connectivity index (χ2n) is 6.55. The summed E-state index contributed by atoms with van der Waals surface area (Å²) in [5.41, 5.74) is 2.72. The molecule has 0 saturated heterocycles. The summed E-state index contributed by atoms with van der Waals surface area (Å²) in [5.74, 6) is 1.20. The lowest BCUT2D eigenvalue weighted by Gasteiger charge is -2.43. The first-order valence-electron chi connectivity index (χ1n) is 7.61. The van der Waals surface area contributed by atoms with Crippen molar-refractivity contribution in [2.75, 3.05) is 12.0 Å². The number of nitrogens with zero attached hydrogens (tertiary/aromatic N) is 1. The minimum Gasteiger partial charge on any atom is -0.497 e. The van der Waals surface area contributed by atoms with Gasteiger partial charge in [-0.15, -0.1) is 0 Å². The van der Waals surface area contributed by atoms with Gasteiger partial charge in [0.1, 0.15) is 9.57 Å². The van der Waals surface area contributed by atoms with Crippen LogP contribution in [0.5, 0.6) is 5.75 Å². The lowest BCUT2D eigenvalue weighted by molar-refractivity contribution is -0.120. The maximum Gasteiger partial charge on any atom is 0.230 e. The van der Waals surface area contributed by atoms with E-state index in [0.717, 1.165) is 39.2 Å². The van der Waals surface area contributed by atoms with Gasteiger partial charge in [0.2, 0.25) is 5.91 Å². The summed E-state index contributed by atoms with van der Waals surface area (Å²) in [5, 5.41) is 0. The van der Waals surface area contributed by atoms with Crippen LogP contribution in [0.25, 0.3) is 11.1 Å². The number of carbonyl (C=O) groups excluding carboxylic acids is 1. The molecule has 2 heterocycles. The molecule has 2 aliphatic rings. The van der Waals surface area contributed by atoms with Gasteiger partial charge in [-0.1, -0.05) is 32.9 Å². The number of hydrogen-bond donors (Lipinski definition) is 0. The molecule has 1 aliphatic heterocycles. The molecule has 0 radical (unpaired) electrons. The van der Waals surface area contributed by atoms with Gasteiger partial charge >= 0.3 is 0 Å². The molecule has 3 nitrogen and oxygen atoms in total. The van der Waals surface area contributed by atoms with Crippen LogP contribution in [0.2, 0.25) is 0 Å². The van der Waals surface area contributed by atoms with E-state index in [1.54, 1.807) is 27.8 Å². The van der Waals surface area contributed by atoms with E-state index in [1.807, 2.05) is 23.1 Å². The molecule has 0 bridgehead atoms. The second kappa shape index (κ2) is 5.13. The number of hydrogen-bond acceptors (Lipinski definition) is 5. The molecule has 120 valence electrons. The molecule has 6 heteroatoms. The van der Waals surface area contributed by atoms with Crippen LogP contribution in [0, 0.1) is 9.74 Å². The Bertz CT molecular complexity index is 861. The third-order valence-corrected chi connectivity index (χ3v) is 7.94. The van der Waals surface area contributed by atoms with Crippen molar-refractivity contribution in [2.45, 2.75) is 32.2 Å². The zero-order valence-electron chi connectivity index (χ0n) is 13.2. The highest BCUT2D eigenvalue weighted by atomic mass is 32.9. The molecule has 4 rings (SSSR count). The molecule has 1 amide bonds. The first kappa shape index (κ1) is 15.3. The van der Waals surface area contributed by atoms with Crippen molar-refractivity contribution >= 4 is 44.5 Å². The minimum absolute atomic E-state index is 0.178. The molecule has 2 aromatic rings. The summed E-state index contributed by atoms with van der Waals surface area (Å²) in [6.07, 6.45) is 2.01. The second-order valence-corrected chi connectivity index (χ2v) is 9.36. The van der Waals surface area contributed by atoms with Crippen LogP contribution in [0.1, 0.15) is 31.6 Å². The number of methoxy groups -OCH3 is 1. The minimum atomic E-state index is -0.366. The lowest BCUT2D eigenvalue weighted by atomic mass is 9.87. The molecule has 23 heavy (non-hydrogen) atoms. The van der Waals surface area contributed by atoms with Gasteiger partial charge < -0.3 is 9.64 Å². The Morgan fingerprint density at radius 1 is 1.35 bits per heavy atom. The first-order chi connectivity index (χ1) is 10.9. The predicted octanol–water partition coefficient (Wildman–Crippen LogP) is 5.21. The highest BCUT2D eigenvalue weighted by Crippen LogP contribution is 2.54. The Labute approximate surface area is 147 Å². The van der Waals surface area contributed by atoms with Gasteiger partial charge in [0.15, 0.2) is 0 Å². The van der Waals surface area contributed by atoms with Gasteiger partial charge in [-0.3, -0.25) is 4.79 Å². The zero-order valence-corrected chi connectivity index (χ0v) is 15.7. The van der Waals surface area contributed by atoms with E-state index in [4.69, 9.17) is 17.0 Å². The standard InChI is InChI=1S/C17H17NO2S3/c1-17(2)14-13(16(21)23-22-14)11-8-10(20-3)6-7-12(11)18(17)15(19)9-4-5-9/h6-9H,4-5H2,1-3H3. The maximum absolute atomic E-state index is 13.0. The molecule has 0 spiro atoms. The summed E-state index contributed by atoms with van der Waals surface area (Å²) in [7, 11) is 4.97. The van der Waals surface area contributed by atoms with E-state index < -0.39 is 0 Å². The number of amides is 1. The van der Waals surface area contributed by atoms with E-state index in [9.17, 15) is 4.79 Å². The van der Waals surface area contributed by atoms with Crippen molar-refractivity contribution in [3.05, 3.63) is 26.9 Å². The number of carbonyl (C=O) groups is 1. The van der Waals surface area contributed by atoms with Crippen LogP contribution in [0.3, 0.4) is 0 Å². The van der Waals surface area contributed by atoms with Crippen molar-refractivity contribution in [1.82, 2.24) is 0 Å². The molecule has 1 aliphatic carbocycles. The summed E-state index contributed by atoms with van der Waals surface area (Å²) in [6, 6.07) is 5.92. The topological polar surface area (TPSA) is 29.5 Å². The molecule has 1 aromatic carbocycles. The summed E-state index contributed by atoms with van der Waals surface area (Å²) >= 11 is 5.58. The van der Waals surface area contributed by atoms with Crippen molar-refractivity contribution in [3.63, 3.8) is 0 Å². The molecular weight excluding hydrogens is 346 g/mol. The average molecular weight is 364 g/mol. The molecule has 1 saturated carbocycles. The third-order valence-electron chi connectivity index (χ3n) is 4.61. The third kappa shape index (κ3) is 2.19. The van der Waals surface area contributed by atoms with E-state index in [0.29, 0.717) is 0 Å². The van der Waals surface area contributed by atoms with E-state index in [2.05, 4.69) is 13.8 Å². The molecule has 1 aromatic heterocycles. The van der Waals surface area contributed by atoms with Crippen LogP contribution in [0.4, 0.5) is 5.69 Å². The number of ether oxygens (including phenoxy) is 1. The fraction of sp³-hybridized carbons (Fsp3) is 0.412. The highest BCUT2D eigenvalue weighted by molar-refractivity contribution is 7.80. The fourth-order valence-corrected chi connectivity index (χ4v) is 6.52. The Morgan fingerprint density at radius 3 is 2.74 bits per heavy atom. The van der Waals surface area contributed by atoms with Crippen LogP contribution >= 0.6 is 32.9 Å². The SMILES string of the molecule is COc1ccc2c(c1)-c1c(ssc1=S)C(C)(C)N2C(=O)C1CC1. The van der Waals surface area contributed by atoms with Gasteiger partial charge in [0.25, 0.3) is 0 Å². The Kier molecular flexibility index (Phi) is 3.41. The fourth-order valence-electron chi connectivity index (χ4n) is 3.24. The largest absolute Gasteiger partial charge is 0.497 e. The highest BCUT2D eigenvalue weighted by Gasteiger charge is 2.46. The van der Waals surface area contributed by atoms with Crippen molar-refractivity contribution in [2.24, 2.45) is 5.92 Å². The normalized spacial score (nSPS) is 18.3. The van der Waals surface area contributed by atoms with Gasteiger partial charge in [-0.2, -0.15) is 0 Å². The lowest BCUT2D eigenvalue weighted by Crippen LogP contribution is -2.48. The monoisotopic (exact) mass is 363 g/mol. The summed E-state index contributed by atoms with van der Waals surface area (Å²) < 4.78 is 6.28. The smallest absolute Gasteiger partial charge is 0.230 e. The number of rotatable bonds is 2. The Hall–Kier alpha value is -1.24. The summed E-state index contributed by atoms with van der Waals surface area (Å²) in [6.45, 7) is 4.24. The predicted molar refractivity (Wildman–Crippen MR) is 98.3 cm³/mol. The van der Waals surface area contributed by atoms with Crippen LogP contribution < -0.4 is 9.64 Å². The van der Waals surface area contributed by atoms with Gasteiger partial charge in [-0.05, 0) is 44.9 Å². The van der Waals surface area contributed by atoms with Gasteiger partial charge in [0, 0.05) is 17.0 Å². The number of anilines is 1. The molecule has 0 atom stereocenters. The molecule has 1 fully saturated rings. The van der Waals surface area contributed by atoms with Crippen molar-refractivity contribution < 1.29 is 9.53 Å². The van der Waals surface area contributed by atoms with E-state index in [1.165, 1.54) is 4.88 Å².